The van der Waals surface area contributed by atoms with Gasteiger partial charge < -0.3 is 16.6 Å². The van der Waals surface area contributed by atoms with E-state index in [-0.39, 0.29) is 11.8 Å². The molecule has 3 nitrogen and oxygen atoms in total. The van der Waals surface area contributed by atoms with Crippen molar-refractivity contribution in [3.05, 3.63) is 23.3 Å². The van der Waals surface area contributed by atoms with Crippen LogP contribution >= 0.6 is 0 Å². The number of hydrogen-bond donors (Lipinski definition) is 3. The fourth-order valence-electron chi connectivity index (χ4n) is 1.58. The number of rotatable bonds is 3. The first kappa shape index (κ1) is 10.9. The Morgan fingerprint density at radius 3 is 2.64 bits per heavy atom. The lowest BCUT2D eigenvalue weighted by Gasteiger charge is -2.15. The summed E-state index contributed by atoms with van der Waals surface area (Å²) in [5, 5.41) is 9.78. The van der Waals surface area contributed by atoms with Gasteiger partial charge in [-0.15, -0.1) is 0 Å². The molecule has 1 rings (SSSR count). The molecule has 0 saturated carbocycles. The van der Waals surface area contributed by atoms with Gasteiger partial charge in [-0.3, -0.25) is 0 Å². The van der Waals surface area contributed by atoms with Gasteiger partial charge in [0.2, 0.25) is 0 Å². The van der Waals surface area contributed by atoms with Crippen molar-refractivity contribution >= 4 is 5.69 Å². The summed E-state index contributed by atoms with van der Waals surface area (Å²) in [4.78, 5) is 0. The van der Waals surface area contributed by atoms with E-state index < -0.39 is 0 Å². The lowest BCUT2D eigenvalue weighted by Crippen LogP contribution is -2.10. The predicted octanol–water partition coefficient (Wildman–Crippen LogP) is 2.08. The van der Waals surface area contributed by atoms with Crippen molar-refractivity contribution in [2.24, 2.45) is 5.73 Å². The van der Waals surface area contributed by atoms with Crippen LogP contribution in [0.25, 0.3) is 0 Å². The molecule has 3 heteroatoms. The summed E-state index contributed by atoms with van der Waals surface area (Å²) < 4.78 is 0. The van der Waals surface area contributed by atoms with Crippen LogP contribution in [0.15, 0.2) is 12.1 Å². The maximum absolute atomic E-state index is 9.78. The zero-order valence-electron chi connectivity index (χ0n) is 8.75. The van der Waals surface area contributed by atoms with Crippen molar-refractivity contribution in [3.8, 4) is 5.75 Å². The minimum Gasteiger partial charge on any atom is -0.507 e. The zero-order chi connectivity index (χ0) is 10.7. The predicted molar refractivity (Wildman–Crippen MR) is 59.1 cm³/mol. The Balaban J connectivity index is 3.07. The van der Waals surface area contributed by atoms with Crippen LogP contribution in [-0.4, -0.2) is 5.11 Å². The molecule has 0 aliphatic rings. The number of anilines is 1. The van der Waals surface area contributed by atoms with E-state index in [2.05, 4.69) is 6.92 Å². The number of aryl methyl sites for hydroxylation is 1. The molecule has 1 unspecified atom stereocenters. The van der Waals surface area contributed by atoms with Gasteiger partial charge in [0.15, 0.2) is 0 Å². The molecule has 1 aromatic carbocycles. The summed E-state index contributed by atoms with van der Waals surface area (Å²) in [7, 11) is 0. The zero-order valence-corrected chi connectivity index (χ0v) is 8.75. The number of phenols is 1. The van der Waals surface area contributed by atoms with Gasteiger partial charge in [-0.2, -0.15) is 0 Å². The van der Waals surface area contributed by atoms with E-state index in [9.17, 15) is 5.11 Å². The van der Waals surface area contributed by atoms with E-state index >= 15 is 0 Å². The van der Waals surface area contributed by atoms with Gasteiger partial charge in [0, 0.05) is 17.3 Å². The molecule has 78 valence electrons. The van der Waals surface area contributed by atoms with Gasteiger partial charge in [-0.25, -0.2) is 0 Å². The molecule has 0 saturated heterocycles. The van der Waals surface area contributed by atoms with Crippen molar-refractivity contribution in [1.29, 1.82) is 0 Å². The third kappa shape index (κ3) is 2.17. The van der Waals surface area contributed by atoms with E-state index in [0.717, 1.165) is 24.0 Å². The molecule has 14 heavy (non-hydrogen) atoms. The standard InChI is InChI=1S/C11H18N2O/c1-3-4-10(13)9-6-8(12)5-7(2)11(9)14/h5-6,10,14H,3-4,12-13H2,1-2H3. The molecule has 0 spiro atoms. The second kappa shape index (κ2) is 4.33. The third-order valence-electron chi connectivity index (χ3n) is 2.35. The molecule has 0 aliphatic heterocycles. The number of nitrogens with two attached hydrogens (primary N) is 2. The van der Waals surface area contributed by atoms with Crippen LogP contribution in [0.2, 0.25) is 0 Å². The number of phenolic OH excluding ortho intramolecular Hbond substituents is 1. The fraction of sp³-hybridized carbons (Fsp3) is 0.455. The van der Waals surface area contributed by atoms with Gasteiger partial charge in [0.1, 0.15) is 5.75 Å². The first-order valence-electron chi connectivity index (χ1n) is 4.90. The monoisotopic (exact) mass is 194 g/mol. The molecule has 0 radical (unpaired) electrons. The SMILES string of the molecule is CCCC(N)c1cc(N)cc(C)c1O. The molecule has 5 N–H and O–H groups in total. The van der Waals surface area contributed by atoms with E-state index in [1.54, 1.807) is 12.1 Å². The number of hydrogen-bond acceptors (Lipinski definition) is 3. The van der Waals surface area contributed by atoms with Crippen LogP contribution in [0.5, 0.6) is 5.75 Å². The molecule has 0 aliphatic carbocycles. The molecule has 0 bridgehead atoms. The van der Waals surface area contributed by atoms with Gasteiger partial charge in [0.25, 0.3) is 0 Å². The van der Waals surface area contributed by atoms with Crippen LogP contribution in [0.4, 0.5) is 5.69 Å². The van der Waals surface area contributed by atoms with Gasteiger partial charge >= 0.3 is 0 Å². The summed E-state index contributed by atoms with van der Waals surface area (Å²) in [5.41, 5.74) is 13.8. The van der Waals surface area contributed by atoms with E-state index in [1.165, 1.54) is 0 Å². The molecule has 0 fully saturated rings. The highest BCUT2D eigenvalue weighted by Crippen LogP contribution is 2.30. The maximum Gasteiger partial charge on any atom is 0.123 e. The minimum absolute atomic E-state index is 0.123. The van der Waals surface area contributed by atoms with Crippen molar-refractivity contribution in [2.75, 3.05) is 5.73 Å². The molecular formula is C11H18N2O. The number of aromatic hydroxyl groups is 1. The molecule has 1 aromatic rings. The largest absolute Gasteiger partial charge is 0.507 e. The summed E-state index contributed by atoms with van der Waals surface area (Å²) in [6.07, 6.45) is 1.85. The lowest BCUT2D eigenvalue weighted by atomic mass is 9.99. The van der Waals surface area contributed by atoms with Crippen molar-refractivity contribution in [1.82, 2.24) is 0 Å². The number of nitrogen functional groups attached to an aromatic ring is 1. The summed E-state index contributed by atoms with van der Waals surface area (Å²) >= 11 is 0. The molecule has 0 aromatic heterocycles. The van der Waals surface area contributed by atoms with E-state index in [4.69, 9.17) is 11.5 Å². The van der Waals surface area contributed by atoms with Crippen molar-refractivity contribution in [3.63, 3.8) is 0 Å². The molecule has 0 heterocycles. The lowest BCUT2D eigenvalue weighted by molar-refractivity contribution is 0.454. The number of benzene rings is 1. The molecular weight excluding hydrogens is 176 g/mol. The third-order valence-corrected chi connectivity index (χ3v) is 2.35. The Kier molecular flexibility index (Phi) is 3.36. The first-order valence-corrected chi connectivity index (χ1v) is 4.90. The average Bonchev–Trinajstić information content (AvgIpc) is 2.11. The van der Waals surface area contributed by atoms with E-state index in [1.807, 2.05) is 6.92 Å². The smallest absolute Gasteiger partial charge is 0.123 e. The topological polar surface area (TPSA) is 72.3 Å². The Hall–Kier alpha value is -1.22. The normalized spacial score (nSPS) is 12.8. The van der Waals surface area contributed by atoms with Gasteiger partial charge in [-0.05, 0) is 31.0 Å². The second-order valence-corrected chi connectivity index (χ2v) is 3.67. The van der Waals surface area contributed by atoms with Crippen LogP contribution in [0.1, 0.15) is 36.9 Å². The van der Waals surface area contributed by atoms with Crippen molar-refractivity contribution in [2.45, 2.75) is 32.7 Å². The summed E-state index contributed by atoms with van der Waals surface area (Å²) in [5.74, 6) is 0.278. The van der Waals surface area contributed by atoms with Crippen LogP contribution in [0.3, 0.4) is 0 Å². The Bertz CT molecular complexity index is 323. The Morgan fingerprint density at radius 2 is 2.07 bits per heavy atom. The quantitative estimate of drug-likeness (QED) is 0.509. The van der Waals surface area contributed by atoms with Crippen LogP contribution < -0.4 is 11.5 Å². The first-order chi connectivity index (χ1) is 6.56. The maximum atomic E-state index is 9.78. The van der Waals surface area contributed by atoms with Crippen LogP contribution in [-0.2, 0) is 0 Å². The highest BCUT2D eigenvalue weighted by molar-refractivity contribution is 5.53. The van der Waals surface area contributed by atoms with Crippen molar-refractivity contribution < 1.29 is 5.11 Å². The minimum atomic E-state index is -0.123. The van der Waals surface area contributed by atoms with E-state index in [0.29, 0.717) is 5.69 Å². The second-order valence-electron chi connectivity index (χ2n) is 3.67. The Labute approximate surface area is 84.7 Å². The summed E-state index contributed by atoms with van der Waals surface area (Å²) in [6.45, 7) is 3.89. The highest BCUT2D eigenvalue weighted by atomic mass is 16.3. The van der Waals surface area contributed by atoms with Gasteiger partial charge in [0.05, 0.1) is 0 Å². The summed E-state index contributed by atoms with van der Waals surface area (Å²) in [6, 6.07) is 3.38. The Morgan fingerprint density at radius 1 is 1.43 bits per heavy atom. The molecule has 0 amide bonds. The average molecular weight is 194 g/mol. The van der Waals surface area contributed by atoms with Gasteiger partial charge in [-0.1, -0.05) is 13.3 Å². The highest BCUT2D eigenvalue weighted by Gasteiger charge is 2.12. The van der Waals surface area contributed by atoms with Crippen LogP contribution in [0, 0.1) is 6.92 Å². The fourth-order valence-corrected chi connectivity index (χ4v) is 1.58. The molecule has 1 atom stereocenters.